The summed E-state index contributed by atoms with van der Waals surface area (Å²) in [6, 6.07) is 5.81. The number of carbonyl (C=O) groups is 1. The van der Waals surface area contributed by atoms with Crippen LogP contribution in [0.3, 0.4) is 0 Å². The number of nitrogens with zero attached hydrogens (tertiary/aromatic N) is 2. The van der Waals surface area contributed by atoms with Crippen LogP contribution in [0.1, 0.15) is 40.0 Å². The molecule has 5 heteroatoms. The van der Waals surface area contributed by atoms with E-state index in [1.54, 1.807) is 25.4 Å². The standard InChI is InChI=1S/C20H27N3O2/c1-13(2)18-10-16(14(3)9-15(18)7-8-21)11-19(24)23-17-5-6-20(25-4)22-12-17/h5-6,9,12-13,15-16,18H,7,10-11H2,1-4H3,(H,23,24)/t15-,16+,18+/m1/s1. The average Bonchev–Trinajstić information content (AvgIpc) is 2.58. The Labute approximate surface area is 150 Å². The molecule has 5 nitrogen and oxygen atoms in total. The number of anilines is 1. The predicted molar refractivity (Wildman–Crippen MR) is 97.9 cm³/mol. The van der Waals surface area contributed by atoms with Crippen molar-refractivity contribution in [3.05, 3.63) is 30.0 Å². The van der Waals surface area contributed by atoms with Crippen LogP contribution in [0.4, 0.5) is 5.69 Å². The topological polar surface area (TPSA) is 75.0 Å². The van der Waals surface area contributed by atoms with Crippen molar-refractivity contribution in [1.29, 1.82) is 5.26 Å². The van der Waals surface area contributed by atoms with Crippen LogP contribution in [0.5, 0.6) is 5.88 Å². The number of methoxy groups -OCH3 is 1. The summed E-state index contributed by atoms with van der Waals surface area (Å²) in [5.74, 6) is 1.99. The minimum absolute atomic E-state index is 0.00837. The number of ether oxygens (including phenoxy) is 1. The van der Waals surface area contributed by atoms with E-state index in [1.165, 1.54) is 5.57 Å². The first-order valence-electron chi connectivity index (χ1n) is 8.79. The van der Waals surface area contributed by atoms with Crippen molar-refractivity contribution in [2.24, 2.45) is 23.7 Å². The number of pyridine rings is 1. The van der Waals surface area contributed by atoms with Gasteiger partial charge in [-0.2, -0.15) is 5.26 Å². The second-order valence-corrected chi connectivity index (χ2v) is 7.12. The molecule has 25 heavy (non-hydrogen) atoms. The molecular weight excluding hydrogens is 314 g/mol. The maximum atomic E-state index is 12.4. The molecule has 1 amide bonds. The fourth-order valence-corrected chi connectivity index (χ4v) is 3.62. The number of nitrogens with one attached hydrogen (secondary N) is 1. The van der Waals surface area contributed by atoms with Crippen LogP contribution in [-0.2, 0) is 4.79 Å². The van der Waals surface area contributed by atoms with Crippen molar-refractivity contribution >= 4 is 11.6 Å². The van der Waals surface area contributed by atoms with Gasteiger partial charge >= 0.3 is 0 Å². The maximum absolute atomic E-state index is 12.4. The Morgan fingerprint density at radius 1 is 1.48 bits per heavy atom. The number of hydrogen-bond donors (Lipinski definition) is 1. The van der Waals surface area contributed by atoms with Crippen LogP contribution in [0.2, 0.25) is 0 Å². The van der Waals surface area contributed by atoms with Gasteiger partial charge in [-0.15, -0.1) is 0 Å². The van der Waals surface area contributed by atoms with Gasteiger partial charge in [0.1, 0.15) is 0 Å². The third kappa shape index (κ3) is 5.06. The van der Waals surface area contributed by atoms with E-state index in [9.17, 15) is 4.79 Å². The molecule has 0 saturated carbocycles. The monoisotopic (exact) mass is 341 g/mol. The van der Waals surface area contributed by atoms with Crippen molar-refractivity contribution in [1.82, 2.24) is 4.98 Å². The number of amides is 1. The van der Waals surface area contributed by atoms with Gasteiger partial charge in [-0.25, -0.2) is 4.98 Å². The minimum Gasteiger partial charge on any atom is -0.481 e. The van der Waals surface area contributed by atoms with Gasteiger partial charge in [0.15, 0.2) is 0 Å². The van der Waals surface area contributed by atoms with E-state index < -0.39 is 0 Å². The number of aromatic nitrogens is 1. The zero-order chi connectivity index (χ0) is 18.4. The van der Waals surface area contributed by atoms with Crippen LogP contribution in [0, 0.1) is 35.0 Å². The van der Waals surface area contributed by atoms with Gasteiger partial charge in [-0.1, -0.05) is 25.5 Å². The lowest BCUT2D eigenvalue weighted by Gasteiger charge is -2.36. The number of nitriles is 1. The van der Waals surface area contributed by atoms with Gasteiger partial charge in [-0.05, 0) is 43.1 Å². The van der Waals surface area contributed by atoms with Crippen LogP contribution < -0.4 is 10.1 Å². The molecule has 0 unspecified atom stereocenters. The molecule has 0 spiro atoms. The fraction of sp³-hybridized carbons (Fsp3) is 0.550. The first-order chi connectivity index (χ1) is 11.9. The Bertz CT molecular complexity index is 659. The molecule has 1 aliphatic rings. The number of allylic oxidation sites excluding steroid dienone is 2. The summed E-state index contributed by atoms with van der Waals surface area (Å²) in [5, 5.41) is 12.0. The molecule has 1 heterocycles. The second-order valence-electron chi connectivity index (χ2n) is 7.12. The normalized spacial score (nSPS) is 22.9. The number of hydrogen-bond acceptors (Lipinski definition) is 4. The third-order valence-electron chi connectivity index (χ3n) is 5.07. The lowest BCUT2D eigenvalue weighted by Crippen LogP contribution is -2.29. The molecule has 1 N–H and O–H groups in total. The van der Waals surface area contributed by atoms with Gasteiger partial charge in [0.2, 0.25) is 11.8 Å². The van der Waals surface area contributed by atoms with Gasteiger partial charge in [-0.3, -0.25) is 4.79 Å². The van der Waals surface area contributed by atoms with Crippen molar-refractivity contribution in [2.45, 2.75) is 40.0 Å². The Balaban J connectivity index is 2.01. The molecule has 0 aliphatic heterocycles. The minimum atomic E-state index is -0.00837. The molecule has 134 valence electrons. The Kier molecular flexibility index (Phi) is 6.58. The first-order valence-corrected chi connectivity index (χ1v) is 8.79. The molecule has 0 radical (unpaired) electrons. The van der Waals surface area contributed by atoms with Crippen molar-refractivity contribution in [3.8, 4) is 11.9 Å². The van der Waals surface area contributed by atoms with E-state index in [0.29, 0.717) is 42.2 Å². The lowest BCUT2D eigenvalue weighted by atomic mass is 9.69. The van der Waals surface area contributed by atoms with Gasteiger partial charge in [0.25, 0.3) is 0 Å². The highest BCUT2D eigenvalue weighted by atomic mass is 16.5. The molecule has 2 rings (SSSR count). The smallest absolute Gasteiger partial charge is 0.225 e. The van der Waals surface area contributed by atoms with Crippen LogP contribution in [-0.4, -0.2) is 18.0 Å². The summed E-state index contributed by atoms with van der Waals surface area (Å²) < 4.78 is 5.02. The van der Waals surface area contributed by atoms with E-state index in [2.05, 4.69) is 43.2 Å². The average molecular weight is 341 g/mol. The van der Waals surface area contributed by atoms with Crippen LogP contribution in [0.25, 0.3) is 0 Å². The zero-order valence-corrected chi connectivity index (χ0v) is 15.5. The number of carbonyl (C=O) groups excluding carboxylic acids is 1. The summed E-state index contributed by atoms with van der Waals surface area (Å²) >= 11 is 0. The number of rotatable bonds is 6. The van der Waals surface area contributed by atoms with Crippen LogP contribution in [0.15, 0.2) is 30.0 Å². The highest BCUT2D eigenvalue weighted by Crippen LogP contribution is 2.40. The van der Waals surface area contributed by atoms with Gasteiger partial charge in [0.05, 0.1) is 25.1 Å². The van der Waals surface area contributed by atoms with Crippen molar-refractivity contribution < 1.29 is 9.53 Å². The molecule has 0 bridgehead atoms. The third-order valence-corrected chi connectivity index (χ3v) is 5.07. The molecule has 0 aromatic carbocycles. The van der Waals surface area contributed by atoms with Crippen molar-refractivity contribution in [2.75, 3.05) is 12.4 Å². The SMILES string of the molecule is COc1ccc(NC(=O)C[C@@H]2C[C@@H](C(C)C)[C@H](CC#N)C=C2C)cn1. The summed E-state index contributed by atoms with van der Waals surface area (Å²) in [4.78, 5) is 16.5. The maximum Gasteiger partial charge on any atom is 0.225 e. The van der Waals surface area contributed by atoms with E-state index >= 15 is 0 Å². The summed E-state index contributed by atoms with van der Waals surface area (Å²) in [6.45, 7) is 6.47. The summed E-state index contributed by atoms with van der Waals surface area (Å²) in [6.07, 6.45) is 5.78. The molecule has 3 atom stereocenters. The fourth-order valence-electron chi connectivity index (χ4n) is 3.62. The second kappa shape index (κ2) is 8.66. The quantitative estimate of drug-likeness (QED) is 0.787. The molecule has 1 aliphatic carbocycles. The predicted octanol–water partition coefficient (Wildman–Crippen LogP) is 4.19. The Hall–Kier alpha value is -2.35. The Morgan fingerprint density at radius 3 is 2.80 bits per heavy atom. The highest BCUT2D eigenvalue weighted by Gasteiger charge is 2.32. The van der Waals surface area contributed by atoms with Gasteiger partial charge < -0.3 is 10.1 Å². The molecular formula is C20H27N3O2. The summed E-state index contributed by atoms with van der Waals surface area (Å²) in [5.41, 5.74) is 1.89. The Morgan fingerprint density at radius 2 is 2.24 bits per heavy atom. The molecule has 0 saturated heterocycles. The molecule has 1 aromatic rings. The van der Waals surface area contributed by atoms with E-state index in [1.807, 2.05) is 0 Å². The highest BCUT2D eigenvalue weighted by molar-refractivity contribution is 5.90. The van der Waals surface area contributed by atoms with Crippen LogP contribution >= 0.6 is 0 Å². The van der Waals surface area contributed by atoms with Gasteiger partial charge in [0, 0.05) is 18.9 Å². The molecule has 1 aromatic heterocycles. The largest absolute Gasteiger partial charge is 0.481 e. The van der Waals surface area contributed by atoms with Crippen molar-refractivity contribution in [3.63, 3.8) is 0 Å². The zero-order valence-electron chi connectivity index (χ0n) is 15.5. The van der Waals surface area contributed by atoms with E-state index in [-0.39, 0.29) is 11.8 Å². The first kappa shape index (κ1) is 19.0. The van der Waals surface area contributed by atoms with E-state index in [0.717, 1.165) is 6.42 Å². The molecule has 0 fully saturated rings. The summed E-state index contributed by atoms with van der Waals surface area (Å²) in [7, 11) is 1.56. The lowest BCUT2D eigenvalue weighted by molar-refractivity contribution is -0.117. The van der Waals surface area contributed by atoms with E-state index in [4.69, 9.17) is 10.00 Å².